The molecule has 0 spiro atoms. The van der Waals surface area contributed by atoms with Crippen LogP contribution in [-0.2, 0) is 0 Å². The average molecular weight is 256 g/mol. The zero-order valence-corrected chi connectivity index (χ0v) is 13.3. The highest BCUT2D eigenvalue weighted by molar-refractivity contribution is 6.08. The third-order valence-electron chi connectivity index (χ3n) is 3.88. The molecule has 0 aromatic heterocycles. The van der Waals surface area contributed by atoms with Crippen LogP contribution in [0, 0.1) is 13.8 Å². The number of benzene rings is 1. The van der Waals surface area contributed by atoms with Gasteiger partial charge in [0, 0.05) is 10.9 Å². The topological polar surface area (TPSA) is 6.48 Å². The predicted octanol–water partition coefficient (Wildman–Crippen LogP) is 1.18. The van der Waals surface area contributed by atoms with Crippen LogP contribution < -0.4 is 10.4 Å². The van der Waals surface area contributed by atoms with E-state index < -0.39 is 0 Å². The number of hydrogen-bond acceptors (Lipinski definition) is 2. The van der Waals surface area contributed by atoms with Crippen molar-refractivity contribution >= 4 is 20.3 Å². The molecule has 2 radical (unpaired) electrons. The van der Waals surface area contributed by atoms with Crippen molar-refractivity contribution in [3.8, 4) is 0 Å². The molecule has 2 nitrogen and oxygen atoms in total. The third-order valence-corrected chi connectivity index (χ3v) is 3.88. The Labute approximate surface area is 118 Å². The minimum absolute atomic E-state index is 0.151. The first-order chi connectivity index (χ1) is 8.59. The van der Waals surface area contributed by atoms with Gasteiger partial charge in [0.1, 0.15) is 0 Å². The summed E-state index contributed by atoms with van der Waals surface area (Å²) in [4.78, 5) is 3.92. The molecule has 0 unspecified atom stereocenters. The summed E-state index contributed by atoms with van der Waals surface area (Å²) in [6, 6.07) is 4.22. The molecule has 1 aromatic rings. The van der Waals surface area contributed by atoms with E-state index in [1.165, 1.54) is 16.3 Å². The predicted molar refractivity (Wildman–Crippen MR) is 85.4 cm³/mol. The summed E-state index contributed by atoms with van der Waals surface area (Å²) in [5.74, 6) is 0. The standard InChI is InChI=1S/C16H25BN2/c1-11-9-12(2)14(13(3)10-11)15(19(8)17)16(4,5)18(6)7/h9-10H,1H2,2-8H3. The van der Waals surface area contributed by atoms with Gasteiger partial charge < -0.3 is 4.81 Å². The first-order valence-corrected chi connectivity index (χ1v) is 6.56. The molecule has 0 amide bonds. The lowest BCUT2D eigenvalue weighted by Gasteiger charge is -2.39. The van der Waals surface area contributed by atoms with Gasteiger partial charge in [-0.1, -0.05) is 18.7 Å². The molecule has 19 heavy (non-hydrogen) atoms. The van der Waals surface area contributed by atoms with Crippen molar-refractivity contribution in [2.24, 2.45) is 0 Å². The van der Waals surface area contributed by atoms with Crippen molar-refractivity contribution in [1.82, 2.24) is 9.71 Å². The zero-order valence-electron chi connectivity index (χ0n) is 13.3. The molecule has 0 aliphatic heterocycles. The minimum Gasteiger partial charge on any atom is -0.429 e. The van der Waals surface area contributed by atoms with Gasteiger partial charge in [-0.15, -0.1) is 0 Å². The summed E-state index contributed by atoms with van der Waals surface area (Å²) in [7, 11) is 12.2. The number of likely N-dealkylation sites (N-methyl/N-ethyl adjacent to an activating group) is 2. The summed E-state index contributed by atoms with van der Waals surface area (Å²) in [6.45, 7) is 12.6. The van der Waals surface area contributed by atoms with Crippen molar-refractivity contribution < 1.29 is 0 Å². The molecular weight excluding hydrogens is 231 g/mol. The molecule has 0 aliphatic carbocycles. The fourth-order valence-electron chi connectivity index (χ4n) is 2.55. The largest absolute Gasteiger partial charge is 0.429 e. The fraction of sp³-hybridized carbons (Fsp3) is 0.500. The number of nitrogens with zero attached hydrogens (tertiary/aromatic N) is 2. The molecule has 0 atom stereocenters. The number of rotatable bonds is 3. The van der Waals surface area contributed by atoms with Crippen molar-refractivity contribution in [2.45, 2.75) is 33.2 Å². The average Bonchev–Trinajstić information content (AvgIpc) is 2.21. The summed E-state index contributed by atoms with van der Waals surface area (Å²) in [5.41, 5.74) is 3.40. The Morgan fingerprint density at radius 1 is 1.11 bits per heavy atom. The first kappa shape index (κ1) is 15.8. The van der Waals surface area contributed by atoms with Crippen LogP contribution in [0.5, 0.6) is 0 Å². The van der Waals surface area contributed by atoms with Crippen LogP contribution in [0.15, 0.2) is 12.1 Å². The highest BCUT2D eigenvalue weighted by Crippen LogP contribution is 2.23. The van der Waals surface area contributed by atoms with E-state index in [2.05, 4.69) is 65.4 Å². The molecule has 0 aliphatic rings. The Morgan fingerprint density at radius 3 is 1.84 bits per heavy atom. The van der Waals surface area contributed by atoms with Gasteiger partial charge in [0.15, 0.2) is 0 Å². The van der Waals surface area contributed by atoms with Crippen molar-refractivity contribution in [3.05, 3.63) is 33.7 Å². The van der Waals surface area contributed by atoms with E-state index in [0.29, 0.717) is 0 Å². The SMILES string of the molecule is [B]N(C)C(=c1c(C)cc(=C)cc1C)C(C)(C)N(C)C. The van der Waals surface area contributed by atoms with Gasteiger partial charge >= 0.3 is 0 Å². The Balaban J connectivity index is 3.86. The minimum atomic E-state index is -0.151. The second-order valence-electron chi connectivity index (χ2n) is 6.02. The second kappa shape index (κ2) is 5.42. The van der Waals surface area contributed by atoms with Gasteiger partial charge in [-0.25, -0.2) is 0 Å². The third kappa shape index (κ3) is 3.03. The summed E-state index contributed by atoms with van der Waals surface area (Å²) < 4.78 is 0. The van der Waals surface area contributed by atoms with Crippen LogP contribution >= 0.6 is 0 Å². The molecule has 0 bridgehead atoms. The maximum atomic E-state index is 6.12. The molecular formula is C16H25BN2. The van der Waals surface area contributed by atoms with Gasteiger partial charge in [-0.3, -0.25) is 4.90 Å². The van der Waals surface area contributed by atoms with Gasteiger partial charge in [-0.05, 0) is 65.2 Å². The summed E-state index contributed by atoms with van der Waals surface area (Å²) >= 11 is 0. The zero-order chi connectivity index (χ0) is 15.0. The van der Waals surface area contributed by atoms with Crippen LogP contribution in [0.25, 0.3) is 12.3 Å². The second-order valence-corrected chi connectivity index (χ2v) is 6.02. The Bertz CT molecular complexity index is 542. The van der Waals surface area contributed by atoms with Crippen LogP contribution in [0.1, 0.15) is 25.0 Å². The van der Waals surface area contributed by atoms with Crippen LogP contribution in [-0.4, -0.2) is 44.4 Å². The lowest BCUT2D eigenvalue weighted by molar-refractivity contribution is 0.245. The molecule has 3 heteroatoms. The van der Waals surface area contributed by atoms with Gasteiger partial charge in [-0.2, -0.15) is 0 Å². The lowest BCUT2D eigenvalue weighted by atomic mass is 9.90. The van der Waals surface area contributed by atoms with E-state index in [9.17, 15) is 0 Å². The molecule has 1 aromatic carbocycles. The van der Waals surface area contributed by atoms with Crippen molar-refractivity contribution in [3.63, 3.8) is 0 Å². The van der Waals surface area contributed by atoms with E-state index in [-0.39, 0.29) is 5.54 Å². The summed E-state index contributed by atoms with van der Waals surface area (Å²) in [6.07, 6.45) is 0. The van der Waals surface area contributed by atoms with E-state index in [4.69, 9.17) is 7.98 Å². The van der Waals surface area contributed by atoms with Crippen molar-refractivity contribution in [2.75, 3.05) is 21.1 Å². The molecule has 102 valence electrons. The van der Waals surface area contributed by atoms with E-state index in [1.807, 2.05) is 7.05 Å². The molecule has 1 rings (SSSR count). The quantitative estimate of drug-likeness (QED) is 0.749. The Hall–Kier alpha value is -1.22. The highest BCUT2D eigenvalue weighted by Gasteiger charge is 2.28. The Kier molecular flexibility index (Phi) is 4.52. The van der Waals surface area contributed by atoms with Crippen LogP contribution in [0.3, 0.4) is 0 Å². The number of hydrogen-bond donors (Lipinski definition) is 0. The maximum Gasteiger partial charge on any atom is 0.225 e. The van der Waals surface area contributed by atoms with Gasteiger partial charge in [0.25, 0.3) is 0 Å². The van der Waals surface area contributed by atoms with Crippen LogP contribution in [0.2, 0.25) is 0 Å². The molecule has 0 saturated carbocycles. The molecule has 0 saturated heterocycles. The van der Waals surface area contributed by atoms with Crippen LogP contribution in [0.4, 0.5) is 0 Å². The van der Waals surface area contributed by atoms with Gasteiger partial charge in [0.2, 0.25) is 7.98 Å². The molecule has 0 heterocycles. The summed E-state index contributed by atoms with van der Waals surface area (Å²) in [5, 5.41) is 2.26. The van der Waals surface area contributed by atoms with Gasteiger partial charge in [0.05, 0.1) is 5.54 Å². The molecule has 0 fully saturated rings. The lowest BCUT2D eigenvalue weighted by Crippen LogP contribution is -2.47. The number of aryl methyl sites for hydroxylation is 2. The monoisotopic (exact) mass is 256 g/mol. The molecule has 0 N–H and O–H groups in total. The highest BCUT2D eigenvalue weighted by atomic mass is 15.2. The van der Waals surface area contributed by atoms with E-state index >= 15 is 0 Å². The first-order valence-electron chi connectivity index (χ1n) is 6.56. The fourth-order valence-corrected chi connectivity index (χ4v) is 2.55. The van der Waals surface area contributed by atoms with E-state index in [1.54, 1.807) is 4.81 Å². The Morgan fingerprint density at radius 2 is 1.53 bits per heavy atom. The maximum absolute atomic E-state index is 6.12. The van der Waals surface area contributed by atoms with Crippen molar-refractivity contribution in [1.29, 1.82) is 0 Å². The van der Waals surface area contributed by atoms with E-state index in [0.717, 1.165) is 10.9 Å². The normalized spacial score (nSPS) is 11.8. The smallest absolute Gasteiger partial charge is 0.225 e.